The molecule has 102 valence electrons. The van der Waals surface area contributed by atoms with Gasteiger partial charge in [-0.3, -0.25) is 4.79 Å². The van der Waals surface area contributed by atoms with E-state index in [1.54, 1.807) is 18.9 Å². The summed E-state index contributed by atoms with van der Waals surface area (Å²) >= 11 is 0. The van der Waals surface area contributed by atoms with Crippen LogP contribution < -0.4 is 5.32 Å². The first-order valence-electron chi connectivity index (χ1n) is 6.35. The van der Waals surface area contributed by atoms with Crippen molar-refractivity contribution in [2.45, 2.75) is 44.4 Å². The maximum Gasteiger partial charge on any atom is 0.317 e. The number of aliphatic carboxylic acids is 1. The molecule has 0 aromatic carbocycles. The molecule has 1 saturated heterocycles. The molecule has 2 N–H and O–H groups in total. The van der Waals surface area contributed by atoms with E-state index in [2.05, 4.69) is 5.32 Å². The zero-order valence-electron chi connectivity index (χ0n) is 10.8. The van der Waals surface area contributed by atoms with E-state index in [1.165, 1.54) is 0 Å². The van der Waals surface area contributed by atoms with Crippen molar-refractivity contribution in [1.82, 2.24) is 10.2 Å². The summed E-state index contributed by atoms with van der Waals surface area (Å²) in [4.78, 5) is 24.6. The predicted octanol–water partition coefficient (Wildman–Crippen LogP) is 0.668. The van der Waals surface area contributed by atoms with Crippen LogP contribution in [0.25, 0.3) is 0 Å². The second kappa shape index (κ2) is 5.14. The minimum Gasteiger partial charge on any atom is -0.481 e. The van der Waals surface area contributed by atoms with Crippen molar-refractivity contribution < 1.29 is 19.4 Å². The average Bonchev–Trinajstić information content (AvgIpc) is 2.64. The number of amides is 2. The van der Waals surface area contributed by atoms with E-state index in [9.17, 15) is 9.59 Å². The molecule has 1 saturated carbocycles. The molecule has 2 fully saturated rings. The van der Waals surface area contributed by atoms with Crippen molar-refractivity contribution in [2.75, 3.05) is 13.7 Å². The lowest BCUT2D eigenvalue weighted by Gasteiger charge is -2.36. The topological polar surface area (TPSA) is 78.9 Å². The lowest BCUT2D eigenvalue weighted by Crippen LogP contribution is -2.53. The Bertz CT molecular complexity index is 341. The monoisotopic (exact) mass is 256 g/mol. The maximum absolute atomic E-state index is 12.0. The molecule has 0 aromatic heterocycles. The summed E-state index contributed by atoms with van der Waals surface area (Å²) in [5, 5.41) is 11.9. The van der Waals surface area contributed by atoms with Gasteiger partial charge < -0.3 is 20.1 Å². The Labute approximate surface area is 106 Å². The van der Waals surface area contributed by atoms with Crippen LogP contribution in [0.3, 0.4) is 0 Å². The molecular weight excluding hydrogens is 236 g/mol. The number of methoxy groups -OCH3 is 1. The molecule has 6 nitrogen and oxygen atoms in total. The van der Waals surface area contributed by atoms with Gasteiger partial charge in [0.25, 0.3) is 0 Å². The van der Waals surface area contributed by atoms with Crippen LogP contribution in [-0.2, 0) is 9.53 Å². The smallest absolute Gasteiger partial charge is 0.317 e. The SMILES string of the molecule is COC1CC(NC(=O)N2CCC(C(=O)O)C2C)C1. The number of rotatable bonds is 3. The Hall–Kier alpha value is -1.30. The van der Waals surface area contributed by atoms with Gasteiger partial charge >= 0.3 is 12.0 Å². The van der Waals surface area contributed by atoms with E-state index >= 15 is 0 Å². The molecule has 2 rings (SSSR count). The van der Waals surface area contributed by atoms with E-state index in [-0.39, 0.29) is 24.2 Å². The number of hydrogen-bond acceptors (Lipinski definition) is 3. The molecule has 0 bridgehead atoms. The van der Waals surface area contributed by atoms with Crippen LogP contribution >= 0.6 is 0 Å². The summed E-state index contributed by atoms with van der Waals surface area (Å²) in [5.74, 6) is -1.26. The van der Waals surface area contributed by atoms with Crippen molar-refractivity contribution in [3.05, 3.63) is 0 Å². The van der Waals surface area contributed by atoms with Crippen LogP contribution in [0.2, 0.25) is 0 Å². The molecule has 1 heterocycles. The summed E-state index contributed by atoms with van der Waals surface area (Å²) in [6.45, 7) is 2.31. The molecule has 2 atom stereocenters. The van der Waals surface area contributed by atoms with Gasteiger partial charge in [0, 0.05) is 25.7 Å². The maximum atomic E-state index is 12.0. The molecule has 1 aliphatic heterocycles. The number of ether oxygens (including phenoxy) is 1. The second-order valence-electron chi connectivity index (χ2n) is 5.14. The first-order chi connectivity index (χ1) is 8.52. The summed E-state index contributed by atoms with van der Waals surface area (Å²) in [5.41, 5.74) is 0. The number of likely N-dealkylation sites (tertiary alicyclic amines) is 1. The zero-order valence-corrected chi connectivity index (χ0v) is 10.8. The molecule has 6 heteroatoms. The molecule has 1 aliphatic carbocycles. The van der Waals surface area contributed by atoms with Gasteiger partial charge in [-0.1, -0.05) is 0 Å². The highest BCUT2D eigenvalue weighted by atomic mass is 16.5. The van der Waals surface area contributed by atoms with Crippen LogP contribution in [0.15, 0.2) is 0 Å². The van der Waals surface area contributed by atoms with Crippen molar-refractivity contribution in [3.63, 3.8) is 0 Å². The highest BCUT2D eigenvalue weighted by Gasteiger charge is 2.39. The zero-order chi connectivity index (χ0) is 13.3. The minimum absolute atomic E-state index is 0.147. The lowest BCUT2D eigenvalue weighted by atomic mass is 9.89. The summed E-state index contributed by atoms with van der Waals surface area (Å²) in [7, 11) is 1.67. The number of carbonyl (C=O) groups excluding carboxylic acids is 1. The number of carbonyl (C=O) groups is 2. The lowest BCUT2D eigenvalue weighted by molar-refractivity contribution is -0.142. The number of carboxylic acid groups (broad SMARTS) is 1. The normalized spacial score (nSPS) is 35.1. The van der Waals surface area contributed by atoms with Crippen LogP contribution in [0.1, 0.15) is 26.2 Å². The third-order valence-electron chi connectivity index (χ3n) is 4.09. The van der Waals surface area contributed by atoms with Gasteiger partial charge in [-0.25, -0.2) is 4.79 Å². The van der Waals surface area contributed by atoms with E-state index in [0.717, 1.165) is 12.8 Å². The van der Waals surface area contributed by atoms with Gasteiger partial charge in [0.1, 0.15) is 0 Å². The van der Waals surface area contributed by atoms with Gasteiger partial charge in [0.2, 0.25) is 0 Å². The number of urea groups is 1. The van der Waals surface area contributed by atoms with Crippen LogP contribution in [-0.4, -0.2) is 53.8 Å². The van der Waals surface area contributed by atoms with Gasteiger partial charge in [-0.05, 0) is 26.2 Å². The second-order valence-corrected chi connectivity index (χ2v) is 5.14. The van der Waals surface area contributed by atoms with Gasteiger partial charge in [-0.2, -0.15) is 0 Å². The Balaban J connectivity index is 1.82. The Morgan fingerprint density at radius 2 is 2.06 bits per heavy atom. The average molecular weight is 256 g/mol. The van der Waals surface area contributed by atoms with Crippen LogP contribution in [0.5, 0.6) is 0 Å². The fraction of sp³-hybridized carbons (Fsp3) is 0.833. The Morgan fingerprint density at radius 3 is 2.56 bits per heavy atom. The number of hydrogen-bond donors (Lipinski definition) is 2. The highest BCUT2D eigenvalue weighted by Crippen LogP contribution is 2.26. The van der Waals surface area contributed by atoms with Crippen molar-refractivity contribution in [3.8, 4) is 0 Å². The molecule has 2 unspecified atom stereocenters. The largest absolute Gasteiger partial charge is 0.481 e. The third kappa shape index (κ3) is 2.43. The first-order valence-corrected chi connectivity index (χ1v) is 6.35. The highest BCUT2D eigenvalue weighted by molar-refractivity contribution is 5.78. The summed E-state index contributed by atoms with van der Waals surface area (Å²) < 4.78 is 5.15. The third-order valence-corrected chi connectivity index (χ3v) is 4.09. The Morgan fingerprint density at radius 1 is 1.39 bits per heavy atom. The molecule has 18 heavy (non-hydrogen) atoms. The van der Waals surface area contributed by atoms with E-state index in [0.29, 0.717) is 13.0 Å². The minimum atomic E-state index is -0.819. The predicted molar refractivity (Wildman–Crippen MR) is 64.3 cm³/mol. The number of carboxylic acids is 1. The summed E-state index contributed by atoms with van der Waals surface area (Å²) in [6, 6.07) is -0.217. The van der Waals surface area contributed by atoms with E-state index in [4.69, 9.17) is 9.84 Å². The fourth-order valence-corrected chi connectivity index (χ4v) is 2.69. The van der Waals surface area contributed by atoms with Crippen molar-refractivity contribution >= 4 is 12.0 Å². The van der Waals surface area contributed by atoms with Gasteiger partial charge in [0.05, 0.1) is 12.0 Å². The Kier molecular flexibility index (Phi) is 3.75. The van der Waals surface area contributed by atoms with Gasteiger partial charge in [0.15, 0.2) is 0 Å². The van der Waals surface area contributed by atoms with Crippen LogP contribution in [0, 0.1) is 5.92 Å². The first kappa shape index (κ1) is 13.1. The molecule has 0 radical (unpaired) electrons. The van der Waals surface area contributed by atoms with E-state index in [1.807, 2.05) is 0 Å². The van der Waals surface area contributed by atoms with Gasteiger partial charge in [-0.15, -0.1) is 0 Å². The molecule has 0 spiro atoms. The summed E-state index contributed by atoms with van der Waals surface area (Å²) in [6.07, 6.45) is 2.47. The number of nitrogens with zero attached hydrogens (tertiary/aromatic N) is 1. The fourth-order valence-electron chi connectivity index (χ4n) is 2.69. The molecule has 2 aliphatic rings. The molecular formula is C12H20N2O4. The van der Waals surface area contributed by atoms with E-state index < -0.39 is 11.9 Å². The van der Waals surface area contributed by atoms with Crippen molar-refractivity contribution in [2.24, 2.45) is 5.92 Å². The quantitative estimate of drug-likeness (QED) is 0.778. The van der Waals surface area contributed by atoms with Crippen LogP contribution in [0.4, 0.5) is 4.79 Å². The van der Waals surface area contributed by atoms with Crippen molar-refractivity contribution in [1.29, 1.82) is 0 Å². The molecule has 2 amide bonds. The standard InChI is InChI=1S/C12H20N2O4/c1-7-10(11(15)16)3-4-14(7)12(17)13-8-5-9(6-8)18-2/h7-10H,3-6H2,1-2H3,(H,13,17)(H,15,16). The molecule has 0 aromatic rings. The number of nitrogens with one attached hydrogen (secondary N) is 1.